The maximum absolute atomic E-state index is 12.5. The van der Waals surface area contributed by atoms with Crippen molar-refractivity contribution in [2.75, 3.05) is 11.1 Å². The van der Waals surface area contributed by atoms with E-state index in [1.807, 2.05) is 0 Å². The lowest BCUT2D eigenvalue weighted by atomic mass is 10.1. The molecule has 0 fully saturated rings. The molecule has 0 saturated carbocycles. The van der Waals surface area contributed by atoms with Gasteiger partial charge in [0, 0.05) is 17.3 Å². The Morgan fingerprint density at radius 1 is 1.35 bits per heavy atom. The fraction of sp³-hybridized carbons (Fsp3) is 0.188. The maximum atomic E-state index is 12.5. The fourth-order valence-electron chi connectivity index (χ4n) is 2.79. The number of fused-ring (bicyclic) bond motifs is 2. The zero-order valence-corrected chi connectivity index (χ0v) is 13.7. The first-order valence-electron chi connectivity index (χ1n) is 7.25. The lowest BCUT2D eigenvalue weighted by molar-refractivity contribution is 0.103. The molecule has 116 valence electrons. The molecule has 0 saturated heterocycles. The number of amides is 1. The Morgan fingerprint density at radius 2 is 2.22 bits per heavy atom. The van der Waals surface area contributed by atoms with Crippen molar-refractivity contribution in [2.24, 2.45) is 0 Å². The molecule has 0 atom stereocenters. The smallest absolute Gasteiger partial charge is 0.269 e. The van der Waals surface area contributed by atoms with Gasteiger partial charge in [0.15, 0.2) is 0 Å². The molecular weight excluding hydrogens is 332 g/mol. The number of nitrogens with zero attached hydrogens (tertiary/aromatic N) is 2. The average Bonchev–Trinajstić information content (AvgIpc) is 3.12. The Kier molecular flexibility index (Phi) is 3.43. The van der Waals surface area contributed by atoms with E-state index >= 15 is 0 Å². The summed E-state index contributed by atoms with van der Waals surface area (Å²) in [5.41, 5.74) is 9.04. The number of anilines is 2. The minimum Gasteiger partial charge on any atom is -0.397 e. The second-order valence-corrected chi connectivity index (χ2v) is 6.90. The number of aryl methyl sites for hydroxylation is 2. The standard InChI is InChI=1S/C16H13ClN4OS/c17-9-4-5-12(19-7-9)21-15(22)14-13(18)10-6-8-2-1-3-11(8)20-16(10)23-14/h4-7H,1-3,18H2,(H,19,21,22). The summed E-state index contributed by atoms with van der Waals surface area (Å²) in [7, 11) is 0. The highest BCUT2D eigenvalue weighted by Crippen LogP contribution is 2.36. The number of hydrogen-bond donors (Lipinski definition) is 2. The highest BCUT2D eigenvalue weighted by molar-refractivity contribution is 7.21. The van der Waals surface area contributed by atoms with Crippen LogP contribution in [0.15, 0.2) is 24.4 Å². The van der Waals surface area contributed by atoms with Gasteiger partial charge in [-0.15, -0.1) is 11.3 Å². The second-order valence-electron chi connectivity index (χ2n) is 5.46. The van der Waals surface area contributed by atoms with E-state index in [2.05, 4.69) is 21.4 Å². The molecule has 3 aromatic rings. The number of nitrogens with two attached hydrogens (primary N) is 1. The molecule has 0 spiro atoms. The normalized spacial score (nSPS) is 13.3. The van der Waals surface area contributed by atoms with Gasteiger partial charge in [-0.1, -0.05) is 11.6 Å². The van der Waals surface area contributed by atoms with E-state index in [4.69, 9.17) is 17.3 Å². The molecule has 0 bridgehead atoms. The number of nitrogen functional groups attached to an aromatic ring is 1. The van der Waals surface area contributed by atoms with Gasteiger partial charge >= 0.3 is 0 Å². The molecule has 4 rings (SSSR count). The van der Waals surface area contributed by atoms with Gasteiger partial charge in [-0.3, -0.25) is 4.79 Å². The highest BCUT2D eigenvalue weighted by atomic mass is 35.5. The van der Waals surface area contributed by atoms with Crippen molar-refractivity contribution in [1.82, 2.24) is 9.97 Å². The lowest BCUT2D eigenvalue weighted by Crippen LogP contribution is -2.12. The van der Waals surface area contributed by atoms with Crippen molar-refractivity contribution in [3.8, 4) is 0 Å². The summed E-state index contributed by atoms with van der Waals surface area (Å²) in [4.78, 5) is 22.5. The molecule has 1 aliphatic carbocycles. The van der Waals surface area contributed by atoms with Crippen LogP contribution in [0.25, 0.3) is 10.2 Å². The summed E-state index contributed by atoms with van der Waals surface area (Å²) in [6.45, 7) is 0. The molecule has 7 heteroatoms. The summed E-state index contributed by atoms with van der Waals surface area (Å²) < 4.78 is 0. The molecule has 3 aromatic heterocycles. The Morgan fingerprint density at radius 3 is 3.00 bits per heavy atom. The summed E-state index contributed by atoms with van der Waals surface area (Å²) in [5, 5.41) is 4.12. The first-order valence-corrected chi connectivity index (χ1v) is 8.45. The monoisotopic (exact) mass is 344 g/mol. The molecule has 0 unspecified atom stereocenters. The first kappa shape index (κ1) is 14.4. The highest BCUT2D eigenvalue weighted by Gasteiger charge is 2.21. The molecule has 5 nitrogen and oxygen atoms in total. The summed E-state index contributed by atoms with van der Waals surface area (Å²) >= 11 is 7.11. The van der Waals surface area contributed by atoms with Gasteiger partial charge in [-0.25, -0.2) is 9.97 Å². The van der Waals surface area contributed by atoms with Crippen molar-refractivity contribution in [3.63, 3.8) is 0 Å². The molecule has 0 aromatic carbocycles. The molecule has 3 heterocycles. The van der Waals surface area contributed by atoms with E-state index in [9.17, 15) is 4.79 Å². The van der Waals surface area contributed by atoms with Gasteiger partial charge in [0.05, 0.1) is 10.7 Å². The van der Waals surface area contributed by atoms with Gasteiger partial charge in [-0.05, 0) is 43.0 Å². The number of nitrogens with one attached hydrogen (secondary N) is 1. The minimum absolute atomic E-state index is 0.277. The Bertz CT molecular complexity index is 920. The molecule has 0 aliphatic heterocycles. The van der Waals surface area contributed by atoms with Gasteiger partial charge in [0.25, 0.3) is 5.91 Å². The Hall–Kier alpha value is -2.18. The molecule has 23 heavy (non-hydrogen) atoms. The third-order valence-corrected chi connectivity index (χ3v) is 5.26. The van der Waals surface area contributed by atoms with Crippen LogP contribution >= 0.6 is 22.9 Å². The Balaban J connectivity index is 1.69. The van der Waals surface area contributed by atoms with Crippen molar-refractivity contribution in [1.29, 1.82) is 0 Å². The number of aromatic nitrogens is 2. The van der Waals surface area contributed by atoms with Crippen molar-refractivity contribution in [3.05, 3.63) is 45.6 Å². The zero-order valence-electron chi connectivity index (χ0n) is 12.1. The first-order chi connectivity index (χ1) is 11.1. The van der Waals surface area contributed by atoms with E-state index in [1.165, 1.54) is 23.1 Å². The quantitative estimate of drug-likeness (QED) is 0.743. The fourth-order valence-corrected chi connectivity index (χ4v) is 3.89. The number of carbonyl (C=O) groups excluding carboxylic acids is 1. The van der Waals surface area contributed by atoms with E-state index in [0.29, 0.717) is 21.4 Å². The molecule has 1 amide bonds. The van der Waals surface area contributed by atoms with Crippen LogP contribution in [-0.2, 0) is 12.8 Å². The van der Waals surface area contributed by atoms with Crippen molar-refractivity contribution >= 4 is 50.6 Å². The van der Waals surface area contributed by atoms with E-state index < -0.39 is 0 Å². The van der Waals surface area contributed by atoms with E-state index in [1.54, 1.807) is 12.1 Å². The maximum Gasteiger partial charge on any atom is 0.269 e. The number of halogens is 1. The number of carbonyl (C=O) groups is 1. The van der Waals surface area contributed by atoms with Crippen LogP contribution in [0.5, 0.6) is 0 Å². The van der Waals surface area contributed by atoms with Crippen LogP contribution in [0.1, 0.15) is 27.3 Å². The number of thiophene rings is 1. The largest absolute Gasteiger partial charge is 0.397 e. The predicted octanol–water partition coefficient (Wildman–Crippen LogP) is 3.67. The SMILES string of the molecule is Nc1c(C(=O)Nc2ccc(Cl)cn2)sc2nc3c(cc12)CCC3. The third-order valence-electron chi connectivity index (χ3n) is 3.92. The second kappa shape index (κ2) is 5.47. The van der Waals surface area contributed by atoms with Gasteiger partial charge < -0.3 is 11.1 Å². The van der Waals surface area contributed by atoms with Crippen LogP contribution in [0.3, 0.4) is 0 Å². The topological polar surface area (TPSA) is 80.9 Å². The Labute approximate surface area is 141 Å². The van der Waals surface area contributed by atoms with Crippen LogP contribution in [0.4, 0.5) is 11.5 Å². The van der Waals surface area contributed by atoms with E-state index in [0.717, 1.165) is 35.2 Å². The lowest BCUT2D eigenvalue weighted by Gasteiger charge is -2.03. The predicted molar refractivity (Wildman–Crippen MR) is 93.3 cm³/mol. The molecule has 3 N–H and O–H groups in total. The molecular formula is C16H13ClN4OS. The molecule has 1 aliphatic rings. The van der Waals surface area contributed by atoms with Crippen molar-refractivity contribution in [2.45, 2.75) is 19.3 Å². The van der Waals surface area contributed by atoms with Gasteiger partial charge in [0.1, 0.15) is 15.5 Å². The summed E-state index contributed by atoms with van der Waals surface area (Å²) in [6.07, 6.45) is 4.65. The summed E-state index contributed by atoms with van der Waals surface area (Å²) in [5.74, 6) is 0.159. The van der Waals surface area contributed by atoms with Crippen LogP contribution in [-0.4, -0.2) is 15.9 Å². The minimum atomic E-state index is -0.277. The van der Waals surface area contributed by atoms with E-state index in [-0.39, 0.29) is 5.91 Å². The van der Waals surface area contributed by atoms with Crippen LogP contribution < -0.4 is 11.1 Å². The van der Waals surface area contributed by atoms with Gasteiger partial charge in [0.2, 0.25) is 0 Å². The van der Waals surface area contributed by atoms with Crippen LogP contribution in [0, 0.1) is 0 Å². The third kappa shape index (κ3) is 2.54. The van der Waals surface area contributed by atoms with Crippen molar-refractivity contribution < 1.29 is 4.79 Å². The zero-order chi connectivity index (χ0) is 16.0. The molecule has 0 radical (unpaired) electrons. The number of pyridine rings is 2. The van der Waals surface area contributed by atoms with Gasteiger partial charge in [-0.2, -0.15) is 0 Å². The number of rotatable bonds is 2. The average molecular weight is 345 g/mol. The summed E-state index contributed by atoms with van der Waals surface area (Å²) in [6, 6.07) is 5.40. The van der Waals surface area contributed by atoms with Crippen LogP contribution in [0.2, 0.25) is 5.02 Å². The number of hydrogen-bond acceptors (Lipinski definition) is 5.